The molecule has 2 aromatic rings. The molecule has 0 aliphatic heterocycles. The number of hydrogen-bond acceptors (Lipinski definition) is 8. The van der Waals surface area contributed by atoms with E-state index in [1.165, 1.54) is 18.0 Å². The first-order valence-electron chi connectivity index (χ1n) is 12.2. The van der Waals surface area contributed by atoms with E-state index in [2.05, 4.69) is 4.98 Å². The summed E-state index contributed by atoms with van der Waals surface area (Å²) in [7, 11) is 0. The number of aromatic nitrogens is 1. The molecular formula is C25H36F3N5O6S. The number of thioether (sulfide) groups is 1. The average Bonchev–Trinajstić information content (AvgIpc) is 2.90. The van der Waals surface area contributed by atoms with Gasteiger partial charge in [0.05, 0.1) is 17.1 Å². The Morgan fingerprint density at radius 2 is 1.73 bits per heavy atom. The third-order valence-electron chi connectivity index (χ3n) is 5.19. The van der Waals surface area contributed by atoms with Crippen molar-refractivity contribution in [2.75, 3.05) is 24.6 Å². The van der Waals surface area contributed by atoms with Crippen molar-refractivity contribution in [3.63, 3.8) is 0 Å². The molecule has 0 radical (unpaired) electrons. The number of nitrogens with two attached hydrogens (primary N) is 3. The van der Waals surface area contributed by atoms with Crippen molar-refractivity contribution in [2.24, 2.45) is 17.2 Å². The molecule has 1 heterocycles. The zero-order valence-electron chi connectivity index (χ0n) is 22.3. The lowest BCUT2D eigenvalue weighted by molar-refractivity contribution is -0.192. The van der Waals surface area contributed by atoms with Crippen LogP contribution in [-0.4, -0.2) is 86.7 Å². The summed E-state index contributed by atoms with van der Waals surface area (Å²) in [4.78, 5) is 48.6. The van der Waals surface area contributed by atoms with E-state index in [-0.39, 0.29) is 5.91 Å². The van der Waals surface area contributed by atoms with Gasteiger partial charge in [0.25, 0.3) is 0 Å². The molecule has 40 heavy (non-hydrogen) atoms. The number of carbonyl (C=O) groups is 4. The lowest BCUT2D eigenvalue weighted by atomic mass is 10.1. The van der Waals surface area contributed by atoms with Gasteiger partial charge in [-0.25, -0.2) is 9.59 Å². The Bertz CT molecular complexity index is 1110. The summed E-state index contributed by atoms with van der Waals surface area (Å²) in [6.07, 6.45) is -1.45. The molecule has 0 aliphatic carbocycles. The zero-order chi connectivity index (χ0) is 30.9. The van der Waals surface area contributed by atoms with Gasteiger partial charge in [-0.15, -0.1) is 0 Å². The molecular weight excluding hydrogens is 555 g/mol. The van der Waals surface area contributed by atoms with Crippen LogP contribution in [0.15, 0.2) is 36.5 Å². The van der Waals surface area contributed by atoms with Crippen LogP contribution in [0.4, 0.5) is 13.2 Å². The molecule has 1 aromatic carbocycles. The fourth-order valence-electron chi connectivity index (χ4n) is 2.99. The van der Waals surface area contributed by atoms with Crippen molar-refractivity contribution < 1.29 is 42.6 Å². The number of amides is 2. The number of rotatable bonds is 12. The number of pyridine rings is 1. The minimum absolute atomic E-state index is 0.284. The van der Waals surface area contributed by atoms with Crippen LogP contribution in [0.1, 0.15) is 43.5 Å². The van der Waals surface area contributed by atoms with E-state index in [1.807, 2.05) is 31.2 Å². The molecule has 2 atom stereocenters. The number of hydrogen-bond donors (Lipinski definition) is 5. The Labute approximate surface area is 234 Å². The van der Waals surface area contributed by atoms with Gasteiger partial charge >= 0.3 is 18.1 Å². The number of alkyl halides is 3. The summed E-state index contributed by atoms with van der Waals surface area (Å²) in [5.74, 6) is -2.84. The Balaban J connectivity index is 0.000000644. The maximum absolute atomic E-state index is 12.3. The largest absolute Gasteiger partial charge is 0.490 e. The van der Waals surface area contributed by atoms with Crippen molar-refractivity contribution >= 4 is 46.4 Å². The minimum atomic E-state index is -5.08. The van der Waals surface area contributed by atoms with E-state index < -0.39 is 36.1 Å². The number of nitrogens with zero attached hydrogens (tertiary/aromatic N) is 2. The van der Waals surface area contributed by atoms with Crippen LogP contribution < -0.4 is 17.2 Å². The average molecular weight is 592 g/mol. The summed E-state index contributed by atoms with van der Waals surface area (Å²) in [6.45, 7) is 4.53. The van der Waals surface area contributed by atoms with Crippen molar-refractivity contribution in [3.05, 3.63) is 42.1 Å². The number of primary amides is 1. The van der Waals surface area contributed by atoms with Gasteiger partial charge in [0.1, 0.15) is 6.04 Å². The quantitative estimate of drug-likeness (QED) is 0.228. The zero-order valence-corrected chi connectivity index (χ0v) is 23.1. The number of para-hydroxylation sites is 1. The third kappa shape index (κ3) is 14.1. The van der Waals surface area contributed by atoms with Gasteiger partial charge < -0.3 is 32.3 Å². The second-order valence-electron chi connectivity index (χ2n) is 8.22. The molecule has 0 unspecified atom stereocenters. The van der Waals surface area contributed by atoms with Crippen LogP contribution in [0, 0.1) is 0 Å². The van der Waals surface area contributed by atoms with E-state index in [9.17, 15) is 27.6 Å². The van der Waals surface area contributed by atoms with Crippen LogP contribution in [0.2, 0.25) is 0 Å². The molecule has 2 rings (SSSR count). The molecule has 0 bridgehead atoms. The first kappa shape index (κ1) is 36.6. The van der Waals surface area contributed by atoms with Crippen LogP contribution >= 0.6 is 11.8 Å². The number of fused-ring (bicyclic) bond motifs is 1. The number of carbonyl (C=O) groups excluding carboxylic acids is 2. The van der Waals surface area contributed by atoms with Gasteiger partial charge in [-0.05, 0) is 44.2 Å². The first-order chi connectivity index (χ1) is 18.7. The van der Waals surface area contributed by atoms with E-state index in [1.54, 1.807) is 17.8 Å². The van der Waals surface area contributed by atoms with Crippen LogP contribution in [0.5, 0.6) is 0 Å². The summed E-state index contributed by atoms with van der Waals surface area (Å²) in [5.41, 5.74) is 17.7. The molecule has 224 valence electrons. The van der Waals surface area contributed by atoms with Crippen molar-refractivity contribution in [1.29, 1.82) is 0 Å². The van der Waals surface area contributed by atoms with Crippen molar-refractivity contribution in [2.45, 2.75) is 51.4 Å². The van der Waals surface area contributed by atoms with Crippen LogP contribution in [0.25, 0.3) is 10.9 Å². The SMILES string of the molecule is CCSCCN(C(=O)[C@H](N)CCCCN)[C@@H](C)C(=O)O.NC(=O)c1cnc2ccccc2c1.O=C(O)C(F)(F)F. The van der Waals surface area contributed by atoms with E-state index in [0.717, 1.165) is 35.3 Å². The number of carboxylic acids is 2. The third-order valence-corrected chi connectivity index (χ3v) is 6.07. The molecule has 0 aliphatic rings. The maximum atomic E-state index is 12.3. The van der Waals surface area contributed by atoms with E-state index >= 15 is 0 Å². The number of aliphatic carboxylic acids is 2. The standard InChI is InChI=1S/C13H27N3O3S.C10H8N2O.C2HF3O2/c1-3-20-9-8-16(10(2)13(18)19)12(17)11(15)6-4-5-7-14;11-10(13)8-5-7-3-1-2-4-9(7)12-6-8;3-2(4,5)1(6)7/h10-11H,3-9,14-15H2,1-2H3,(H,18,19);1-6H,(H2,11,13);(H,6,7)/t10-,11+;;/m0../s1. The highest BCUT2D eigenvalue weighted by atomic mass is 32.2. The van der Waals surface area contributed by atoms with Crippen LogP contribution in [0.3, 0.4) is 0 Å². The topological polar surface area (TPSA) is 203 Å². The lowest BCUT2D eigenvalue weighted by Crippen LogP contribution is -2.51. The van der Waals surface area contributed by atoms with Gasteiger partial charge in [0.2, 0.25) is 11.8 Å². The van der Waals surface area contributed by atoms with Crippen LogP contribution in [-0.2, 0) is 14.4 Å². The summed E-state index contributed by atoms with van der Waals surface area (Å²) < 4.78 is 31.7. The highest BCUT2D eigenvalue weighted by Gasteiger charge is 2.38. The normalized spacial score (nSPS) is 12.2. The van der Waals surface area contributed by atoms with Crippen molar-refractivity contribution in [3.8, 4) is 0 Å². The summed E-state index contributed by atoms with van der Waals surface area (Å²) in [6, 6.07) is 7.84. The van der Waals surface area contributed by atoms with Crippen molar-refractivity contribution in [1.82, 2.24) is 9.88 Å². The molecule has 0 saturated heterocycles. The Morgan fingerprint density at radius 3 is 2.23 bits per heavy atom. The van der Waals surface area contributed by atoms with Gasteiger partial charge in [-0.2, -0.15) is 24.9 Å². The molecule has 1 aromatic heterocycles. The number of halogens is 3. The highest BCUT2D eigenvalue weighted by molar-refractivity contribution is 7.99. The molecule has 0 saturated carbocycles. The molecule has 0 spiro atoms. The first-order valence-corrected chi connectivity index (χ1v) is 13.3. The predicted molar refractivity (Wildman–Crippen MR) is 147 cm³/mol. The van der Waals surface area contributed by atoms with Gasteiger partial charge in [0, 0.05) is 23.9 Å². The van der Waals surface area contributed by atoms with E-state index in [4.69, 9.17) is 32.2 Å². The lowest BCUT2D eigenvalue weighted by Gasteiger charge is -2.29. The Morgan fingerprint density at radius 1 is 1.12 bits per heavy atom. The minimum Gasteiger partial charge on any atom is -0.480 e. The second kappa shape index (κ2) is 18.8. The monoisotopic (exact) mass is 591 g/mol. The number of unbranched alkanes of at least 4 members (excludes halogenated alkanes) is 1. The molecule has 8 N–H and O–H groups in total. The fourth-order valence-corrected chi connectivity index (χ4v) is 3.60. The second-order valence-corrected chi connectivity index (χ2v) is 9.61. The Kier molecular flexibility index (Phi) is 17.2. The molecule has 2 amide bonds. The number of benzene rings is 1. The van der Waals surface area contributed by atoms with E-state index in [0.29, 0.717) is 25.1 Å². The fraction of sp³-hybridized carbons (Fsp3) is 0.480. The summed E-state index contributed by atoms with van der Waals surface area (Å²) in [5, 5.41) is 17.2. The smallest absolute Gasteiger partial charge is 0.480 e. The predicted octanol–water partition coefficient (Wildman–Crippen LogP) is 2.46. The maximum Gasteiger partial charge on any atom is 0.490 e. The summed E-state index contributed by atoms with van der Waals surface area (Å²) >= 11 is 1.67. The molecule has 15 heteroatoms. The van der Waals surface area contributed by atoms with Gasteiger partial charge in [-0.3, -0.25) is 14.6 Å². The highest BCUT2D eigenvalue weighted by Crippen LogP contribution is 2.13. The molecule has 0 fully saturated rings. The van der Waals surface area contributed by atoms with Gasteiger partial charge in [0.15, 0.2) is 0 Å². The Hall–Kier alpha value is -3.43. The molecule has 11 nitrogen and oxygen atoms in total. The number of carboxylic acid groups (broad SMARTS) is 2. The van der Waals surface area contributed by atoms with Gasteiger partial charge in [-0.1, -0.05) is 31.5 Å².